The van der Waals surface area contributed by atoms with Crippen molar-refractivity contribution in [2.45, 2.75) is 32.1 Å². The zero-order valence-electron chi connectivity index (χ0n) is 14.3. The lowest BCUT2D eigenvalue weighted by Gasteiger charge is -2.53. The molecule has 25 heavy (non-hydrogen) atoms. The summed E-state index contributed by atoms with van der Waals surface area (Å²) in [4.78, 5) is 16.1. The highest BCUT2D eigenvalue weighted by atomic mass is 19.4. The van der Waals surface area contributed by atoms with Gasteiger partial charge in [-0.1, -0.05) is 18.2 Å². The van der Waals surface area contributed by atoms with Gasteiger partial charge in [0.1, 0.15) is 6.61 Å². The predicted octanol–water partition coefficient (Wildman–Crippen LogP) is 2.77. The van der Waals surface area contributed by atoms with Crippen molar-refractivity contribution in [1.29, 1.82) is 0 Å². The van der Waals surface area contributed by atoms with Crippen LogP contribution in [-0.4, -0.2) is 54.6 Å². The van der Waals surface area contributed by atoms with Crippen molar-refractivity contribution in [2.24, 2.45) is 5.92 Å². The summed E-state index contributed by atoms with van der Waals surface area (Å²) in [6.07, 6.45) is -3.44. The third-order valence-corrected chi connectivity index (χ3v) is 5.05. The molecule has 0 aliphatic carbocycles. The minimum absolute atomic E-state index is 0.0247. The highest BCUT2D eigenvalue weighted by molar-refractivity contribution is 5.77. The molecule has 0 bridgehead atoms. The first-order valence-electron chi connectivity index (χ1n) is 8.64. The summed E-state index contributed by atoms with van der Waals surface area (Å²) in [6.45, 7) is 5.26. The number of alkyl halides is 3. The minimum atomic E-state index is -4.31. The van der Waals surface area contributed by atoms with Crippen LogP contribution < -0.4 is 0 Å². The highest BCUT2D eigenvalue weighted by Gasteiger charge is 2.43. The second kappa shape index (κ2) is 7.33. The Kier molecular flexibility index (Phi) is 5.34. The zero-order valence-corrected chi connectivity index (χ0v) is 14.3. The first-order chi connectivity index (χ1) is 11.9. The summed E-state index contributed by atoms with van der Waals surface area (Å²) in [5.41, 5.74) is 0.0848. The largest absolute Gasteiger partial charge is 0.416 e. The molecule has 0 saturated carbocycles. The number of nitrogens with zero attached hydrogens (tertiary/aromatic N) is 2. The van der Waals surface area contributed by atoms with Gasteiger partial charge in [0.05, 0.1) is 5.56 Å². The summed E-state index contributed by atoms with van der Waals surface area (Å²) in [7, 11) is 0. The van der Waals surface area contributed by atoms with E-state index in [1.165, 1.54) is 12.1 Å². The second-order valence-electron chi connectivity index (χ2n) is 6.72. The van der Waals surface area contributed by atoms with E-state index in [4.69, 9.17) is 4.74 Å². The van der Waals surface area contributed by atoms with Gasteiger partial charge in [-0.2, -0.15) is 13.2 Å². The Hall–Kier alpha value is -1.60. The summed E-state index contributed by atoms with van der Waals surface area (Å²) in [5.74, 6) is 0.432. The van der Waals surface area contributed by atoms with Crippen molar-refractivity contribution < 1.29 is 22.7 Å². The molecular weight excluding hydrogens is 333 g/mol. The van der Waals surface area contributed by atoms with E-state index in [9.17, 15) is 18.0 Å². The molecule has 2 atom stereocenters. The van der Waals surface area contributed by atoms with Crippen molar-refractivity contribution in [3.63, 3.8) is 0 Å². The predicted molar refractivity (Wildman–Crippen MR) is 86.8 cm³/mol. The maximum Gasteiger partial charge on any atom is 0.416 e. The Morgan fingerprint density at radius 3 is 2.80 bits per heavy atom. The number of rotatable bonds is 5. The summed E-state index contributed by atoms with van der Waals surface area (Å²) < 4.78 is 43.6. The number of benzene rings is 1. The Morgan fingerprint density at radius 2 is 2.12 bits per heavy atom. The van der Waals surface area contributed by atoms with Crippen LogP contribution in [0.2, 0.25) is 0 Å². The molecule has 0 radical (unpaired) electrons. The van der Waals surface area contributed by atoms with Crippen molar-refractivity contribution >= 4 is 5.91 Å². The van der Waals surface area contributed by atoms with Gasteiger partial charge in [0.2, 0.25) is 5.91 Å². The molecular formula is C18H23F3N2O2. The van der Waals surface area contributed by atoms with Crippen LogP contribution in [0.25, 0.3) is 0 Å². The van der Waals surface area contributed by atoms with Gasteiger partial charge in [0, 0.05) is 44.7 Å². The van der Waals surface area contributed by atoms with E-state index in [0.717, 1.165) is 25.6 Å². The third kappa shape index (κ3) is 4.15. The molecule has 1 amide bonds. The molecule has 0 unspecified atom stereocenters. The van der Waals surface area contributed by atoms with Gasteiger partial charge in [-0.3, -0.25) is 9.69 Å². The molecule has 7 heteroatoms. The molecule has 0 aromatic heterocycles. The second-order valence-corrected chi connectivity index (χ2v) is 6.72. The molecule has 0 spiro atoms. The van der Waals surface area contributed by atoms with E-state index in [-0.39, 0.29) is 12.5 Å². The highest BCUT2D eigenvalue weighted by Crippen LogP contribution is 2.35. The fraction of sp³-hybridized carbons (Fsp3) is 0.611. The first kappa shape index (κ1) is 18.2. The van der Waals surface area contributed by atoms with E-state index in [0.29, 0.717) is 37.2 Å². The number of hydrogen-bond donors (Lipinski definition) is 0. The van der Waals surface area contributed by atoms with Crippen molar-refractivity contribution in [3.05, 3.63) is 35.4 Å². The molecule has 0 N–H and O–H groups in total. The molecule has 2 aliphatic heterocycles. The number of carbonyl (C=O) groups is 1. The summed E-state index contributed by atoms with van der Waals surface area (Å²) in [5, 5.41) is 0. The van der Waals surface area contributed by atoms with Crippen molar-refractivity contribution in [1.82, 2.24) is 9.80 Å². The van der Waals surface area contributed by atoms with Crippen molar-refractivity contribution in [3.8, 4) is 0 Å². The topological polar surface area (TPSA) is 32.8 Å². The third-order valence-electron chi connectivity index (χ3n) is 5.05. The van der Waals surface area contributed by atoms with Crippen molar-refractivity contribution in [2.75, 3.05) is 32.8 Å². The van der Waals surface area contributed by atoms with Crippen LogP contribution in [0.5, 0.6) is 0 Å². The average Bonchev–Trinajstić information content (AvgIpc) is 2.56. The van der Waals surface area contributed by atoms with E-state index in [1.54, 1.807) is 6.07 Å². The van der Waals surface area contributed by atoms with E-state index in [2.05, 4.69) is 4.90 Å². The van der Waals surface area contributed by atoms with Crippen LogP contribution in [0.15, 0.2) is 24.3 Å². The number of fused-ring (bicyclic) bond motifs is 1. The molecule has 2 heterocycles. The fourth-order valence-electron chi connectivity index (χ4n) is 3.75. The standard InChI is InChI=1S/C18H23F3N2O2/c1-2-25-12-17(24)22-7-6-16-14(10-22)11-23(16)9-13-4-3-5-15(8-13)18(19,20)21/h3-5,8,14,16H,2,6-7,9-12H2,1H3/t14-,16-/m0/s1. The first-order valence-corrected chi connectivity index (χ1v) is 8.64. The molecule has 1 aromatic carbocycles. The van der Waals surface area contributed by atoms with Gasteiger partial charge in [-0.15, -0.1) is 0 Å². The summed E-state index contributed by atoms with van der Waals surface area (Å²) in [6, 6.07) is 5.89. The average molecular weight is 356 g/mol. The van der Waals surface area contributed by atoms with E-state index < -0.39 is 11.7 Å². The van der Waals surface area contributed by atoms with Gasteiger partial charge in [-0.05, 0) is 25.0 Å². The number of halogens is 3. The van der Waals surface area contributed by atoms with Crippen LogP contribution in [0.1, 0.15) is 24.5 Å². The minimum Gasteiger partial charge on any atom is -0.372 e. The lowest BCUT2D eigenvalue weighted by Crippen LogP contribution is -2.63. The van der Waals surface area contributed by atoms with Gasteiger partial charge in [0.25, 0.3) is 0 Å². The Bertz CT molecular complexity index is 621. The molecule has 2 fully saturated rings. The fourth-order valence-corrected chi connectivity index (χ4v) is 3.75. The smallest absolute Gasteiger partial charge is 0.372 e. The molecule has 2 saturated heterocycles. The molecule has 2 aliphatic rings. The number of carbonyl (C=O) groups excluding carboxylic acids is 1. The molecule has 4 nitrogen and oxygen atoms in total. The zero-order chi connectivity index (χ0) is 18.0. The normalized spacial score (nSPS) is 23.9. The van der Waals surface area contributed by atoms with E-state index in [1.807, 2.05) is 11.8 Å². The Labute approximate surface area is 145 Å². The molecule has 1 aromatic rings. The number of amides is 1. The van der Waals surface area contributed by atoms with Crippen LogP contribution in [0, 0.1) is 5.92 Å². The van der Waals surface area contributed by atoms with Crippen LogP contribution in [0.3, 0.4) is 0 Å². The van der Waals surface area contributed by atoms with Crippen LogP contribution in [-0.2, 0) is 22.3 Å². The van der Waals surface area contributed by atoms with Crippen LogP contribution >= 0.6 is 0 Å². The lowest BCUT2D eigenvalue weighted by molar-refractivity contribution is -0.143. The number of likely N-dealkylation sites (tertiary alicyclic amines) is 2. The van der Waals surface area contributed by atoms with Gasteiger partial charge in [-0.25, -0.2) is 0 Å². The Balaban J connectivity index is 1.53. The van der Waals surface area contributed by atoms with Gasteiger partial charge >= 0.3 is 6.18 Å². The van der Waals surface area contributed by atoms with Gasteiger partial charge < -0.3 is 9.64 Å². The quantitative estimate of drug-likeness (QED) is 0.813. The lowest BCUT2D eigenvalue weighted by atomic mass is 9.82. The summed E-state index contributed by atoms with van der Waals surface area (Å²) >= 11 is 0. The van der Waals surface area contributed by atoms with Crippen LogP contribution in [0.4, 0.5) is 13.2 Å². The number of piperidine rings is 1. The molecule has 138 valence electrons. The maximum atomic E-state index is 12.8. The number of hydrogen-bond acceptors (Lipinski definition) is 3. The van der Waals surface area contributed by atoms with E-state index >= 15 is 0 Å². The number of ether oxygens (including phenoxy) is 1. The monoisotopic (exact) mass is 356 g/mol. The SMILES string of the molecule is CCOCC(=O)N1CC[C@H]2[C@@H](C1)CN2Cc1cccc(C(F)(F)F)c1. The maximum absolute atomic E-state index is 12.8. The van der Waals surface area contributed by atoms with Gasteiger partial charge in [0.15, 0.2) is 0 Å². The Morgan fingerprint density at radius 1 is 1.32 bits per heavy atom. The molecule has 3 rings (SSSR count).